The van der Waals surface area contributed by atoms with Crippen LogP contribution < -0.4 is 5.32 Å². The van der Waals surface area contributed by atoms with Gasteiger partial charge in [-0.2, -0.15) is 0 Å². The van der Waals surface area contributed by atoms with Gasteiger partial charge in [0.25, 0.3) is 5.91 Å². The molecule has 1 aliphatic carbocycles. The molecule has 4 nitrogen and oxygen atoms in total. The first-order chi connectivity index (χ1) is 11.5. The molecule has 0 heterocycles. The number of halogens is 1. The summed E-state index contributed by atoms with van der Waals surface area (Å²) >= 11 is 0. The quantitative estimate of drug-likeness (QED) is 0.939. The Morgan fingerprint density at radius 1 is 1.08 bits per heavy atom. The zero-order valence-electron chi connectivity index (χ0n) is 13.5. The van der Waals surface area contributed by atoms with Crippen molar-refractivity contribution in [3.63, 3.8) is 0 Å². The molecule has 0 fully saturated rings. The third-order valence-electron chi connectivity index (χ3n) is 4.20. The Balaban J connectivity index is 1.61. The molecule has 0 bridgehead atoms. The number of rotatable bonds is 4. The van der Waals surface area contributed by atoms with Gasteiger partial charge in [0.1, 0.15) is 5.82 Å². The van der Waals surface area contributed by atoms with E-state index < -0.39 is 0 Å². The highest BCUT2D eigenvalue weighted by atomic mass is 19.1. The van der Waals surface area contributed by atoms with Crippen LogP contribution in [0.2, 0.25) is 0 Å². The van der Waals surface area contributed by atoms with E-state index in [-0.39, 0.29) is 24.2 Å². The van der Waals surface area contributed by atoms with Gasteiger partial charge in [-0.05, 0) is 66.8 Å². The van der Waals surface area contributed by atoms with Crippen molar-refractivity contribution in [3.05, 3.63) is 65.0 Å². The van der Waals surface area contributed by atoms with Crippen molar-refractivity contribution in [2.45, 2.75) is 19.3 Å². The molecule has 3 rings (SSSR count). The second-order valence-corrected chi connectivity index (χ2v) is 6.05. The Hall–Kier alpha value is -2.69. The summed E-state index contributed by atoms with van der Waals surface area (Å²) < 4.78 is 12.9. The molecule has 0 spiro atoms. The first kappa shape index (κ1) is 16.2. The van der Waals surface area contributed by atoms with Gasteiger partial charge < -0.3 is 10.2 Å². The molecule has 2 aromatic carbocycles. The molecule has 124 valence electrons. The SMILES string of the molecule is CN(CC(=O)Nc1ccc(F)cc1)C(=O)c1ccc2c(c1)CCC2. The third-order valence-corrected chi connectivity index (χ3v) is 4.20. The van der Waals surface area contributed by atoms with Crippen molar-refractivity contribution < 1.29 is 14.0 Å². The van der Waals surface area contributed by atoms with E-state index in [0.29, 0.717) is 11.3 Å². The maximum atomic E-state index is 12.9. The van der Waals surface area contributed by atoms with E-state index in [1.54, 1.807) is 7.05 Å². The molecular weight excluding hydrogens is 307 g/mol. The Kier molecular flexibility index (Phi) is 4.60. The van der Waals surface area contributed by atoms with E-state index in [1.807, 2.05) is 18.2 Å². The molecule has 0 aliphatic heterocycles. The summed E-state index contributed by atoms with van der Waals surface area (Å²) in [4.78, 5) is 25.9. The zero-order valence-corrected chi connectivity index (χ0v) is 13.5. The fourth-order valence-corrected chi connectivity index (χ4v) is 2.95. The van der Waals surface area contributed by atoms with Crippen molar-refractivity contribution >= 4 is 17.5 Å². The summed E-state index contributed by atoms with van der Waals surface area (Å²) in [5, 5.41) is 2.65. The maximum Gasteiger partial charge on any atom is 0.254 e. The minimum absolute atomic E-state index is 0.0622. The number of hydrogen-bond acceptors (Lipinski definition) is 2. The van der Waals surface area contributed by atoms with Gasteiger partial charge in [-0.3, -0.25) is 9.59 Å². The highest BCUT2D eigenvalue weighted by molar-refractivity contribution is 5.99. The van der Waals surface area contributed by atoms with Crippen LogP contribution in [-0.2, 0) is 17.6 Å². The number of fused-ring (bicyclic) bond motifs is 1. The van der Waals surface area contributed by atoms with Crippen molar-refractivity contribution in [3.8, 4) is 0 Å². The standard InChI is InChI=1S/C19H19FN2O2/c1-22(12-18(23)21-17-9-7-16(20)8-10-17)19(24)15-6-5-13-3-2-4-14(13)11-15/h5-11H,2-4,12H2,1H3,(H,21,23). The lowest BCUT2D eigenvalue weighted by molar-refractivity contribution is -0.116. The van der Waals surface area contributed by atoms with Crippen LogP contribution in [0, 0.1) is 5.82 Å². The van der Waals surface area contributed by atoms with Gasteiger partial charge in [0, 0.05) is 18.3 Å². The molecule has 2 aromatic rings. The molecule has 1 N–H and O–H groups in total. The Bertz CT molecular complexity index is 771. The lowest BCUT2D eigenvalue weighted by Gasteiger charge is -2.17. The minimum Gasteiger partial charge on any atom is -0.332 e. The molecule has 5 heteroatoms. The number of benzene rings is 2. The van der Waals surface area contributed by atoms with Crippen molar-refractivity contribution in [1.82, 2.24) is 4.90 Å². The number of likely N-dealkylation sites (N-methyl/N-ethyl adjacent to an activating group) is 1. The van der Waals surface area contributed by atoms with Crippen LogP contribution in [0.25, 0.3) is 0 Å². The monoisotopic (exact) mass is 326 g/mol. The second-order valence-electron chi connectivity index (χ2n) is 6.05. The van der Waals surface area contributed by atoms with E-state index in [9.17, 15) is 14.0 Å². The first-order valence-corrected chi connectivity index (χ1v) is 7.95. The van der Waals surface area contributed by atoms with Gasteiger partial charge in [0.05, 0.1) is 6.54 Å². The molecule has 0 atom stereocenters. The van der Waals surface area contributed by atoms with Gasteiger partial charge >= 0.3 is 0 Å². The number of hydrogen-bond donors (Lipinski definition) is 1. The molecule has 0 unspecified atom stereocenters. The molecule has 0 aromatic heterocycles. The predicted molar refractivity (Wildman–Crippen MR) is 90.5 cm³/mol. The zero-order chi connectivity index (χ0) is 17.1. The van der Waals surface area contributed by atoms with Gasteiger partial charge in [-0.15, -0.1) is 0 Å². The Labute approximate surface area is 140 Å². The number of anilines is 1. The molecule has 1 aliphatic rings. The predicted octanol–water partition coefficient (Wildman–Crippen LogP) is 3.03. The summed E-state index contributed by atoms with van der Waals surface area (Å²) in [7, 11) is 1.60. The van der Waals surface area contributed by atoms with Crippen LogP contribution in [0.1, 0.15) is 27.9 Å². The van der Waals surface area contributed by atoms with Crippen LogP contribution in [0.3, 0.4) is 0 Å². The van der Waals surface area contributed by atoms with Crippen LogP contribution in [0.5, 0.6) is 0 Å². The van der Waals surface area contributed by atoms with Crippen molar-refractivity contribution in [2.24, 2.45) is 0 Å². The summed E-state index contributed by atoms with van der Waals surface area (Å²) in [5.74, 6) is -0.866. The molecule has 0 radical (unpaired) electrons. The van der Waals surface area contributed by atoms with Crippen LogP contribution in [0.4, 0.5) is 10.1 Å². The number of aryl methyl sites for hydroxylation is 2. The molecule has 0 saturated heterocycles. The van der Waals surface area contributed by atoms with Crippen molar-refractivity contribution in [2.75, 3.05) is 18.9 Å². The number of nitrogens with zero attached hydrogens (tertiary/aromatic N) is 1. The summed E-state index contributed by atoms with van der Waals surface area (Å²) in [6.07, 6.45) is 3.20. The number of amides is 2. The van der Waals surface area contributed by atoms with Crippen molar-refractivity contribution in [1.29, 1.82) is 0 Å². The first-order valence-electron chi connectivity index (χ1n) is 7.95. The number of nitrogens with one attached hydrogen (secondary N) is 1. The van der Waals surface area contributed by atoms with Crippen LogP contribution in [-0.4, -0.2) is 30.3 Å². The van der Waals surface area contributed by atoms with Gasteiger partial charge in [-0.1, -0.05) is 6.07 Å². The lowest BCUT2D eigenvalue weighted by Crippen LogP contribution is -2.35. The van der Waals surface area contributed by atoms with Crippen LogP contribution in [0.15, 0.2) is 42.5 Å². The number of carbonyl (C=O) groups is 2. The van der Waals surface area contributed by atoms with Gasteiger partial charge in [0.2, 0.25) is 5.91 Å². The van der Waals surface area contributed by atoms with E-state index >= 15 is 0 Å². The highest BCUT2D eigenvalue weighted by Gasteiger charge is 2.18. The van der Waals surface area contributed by atoms with Crippen LogP contribution >= 0.6 is 0 Å². The summed E-state index contributed by atoms with van der Waals surface area (Å²) in [6, 6.07) is 11.3. The number of carbonyl (C=O) groups excluding carboxylic acids is 2. The fourth-order valence-electron chi connectivity index (χ4n) is 2.95. The summed E-state index contributed by atoms with van der Waals surface area (Å²) in [5.41, 5.74) is 3.64. The van der Waals surface area contributed by atoms with E-state index in [0.717, 1.165) is 19.3 Å². The van der Waals surface area contributed by atoms with E-state index in [1.165, 1.54) is 40.3 Å². The summed E-state index contributed by atoms with van der Waals surface area (Å²) in [6.45, 7) is -0.0622. The maximum absolute atomic E-state index is 12.9. The Morgan fingerprint density at radius 3 is 2.54 bits per heavy atom. The topological polar surface area (TPSA) is 49.4 Å². The molecular formula is C19H19FN2O2. The average Bonchev–Trinajstić information content (AvgIpc) is 3.03. The van der Waals surface area contributed by atoms with Gasteiger partial charge in [-0.25, -0.2) is 4.39 Å². The largest absolute Gasteiger partial charge is 0.332 e. The molecule has 0 saturated carbocycles. The third kappa shape index (κ3) is 3.62. The second kappa shape index (κ2) is 6.83. The lowest BCUT2D eigenvalue weighted by atomic mass is 10.1. The smallest absolute Gasteiger partial charge is 0.254 e. The Morgan fingerprint density at radius 2 is 1.79 bits per heavy atom. The fraction of sp³-hybridized carbons (Fsp3) is 0.263. The van der Waals surface area contributed by atoms with E-state index in [4.69, 9.17) is 0 Å². The minimum atomic E-state index is -0.364. The average molecular weight is 326 g/mol. The highest BCUT2D eigenvalue weighted by Crippen LogP contribution is 2.23. The van der Waals surface area contributed by atoms with Gasteiger partial charge in [0.15, 0.2) is 0 Å². The molecule has 24 heavy (non-hydrogen) atoms. The molecule has 2 amide bonds. The normalized spacial score (nSPS) is 12.6. The van der Waals surface area contributed by atoms with E-state index in [2.05, 4.69) is 5.32 Å².